The summed E-state index contributed by atoms with van der Waals surface area (Å²) in [4.78, 5) is 7.27. The first kappa shape index (κ1) is 14.0. The van der Waals surface area contributed by atoms with Crippen molar-refractivity contribution in [3.8, 4) is 0 Å². The van der Waals surface area contributed by atoms with Crippen molar-refractivity contribution >= 4 is 22.2 Å². The molecule has 19 heavy (non-hydrogen) atoms. The largest absolute Gasteiger partial charge is 0.391 e. The van der Waals surface area contributed by atoms with Crippen LogP contribution < -0.4 is 4.90 Å². The summed E-state index contributed by atoms with van der Waals surface area (Å²) in [6.07, 6.45) is 1.84. The molecule has 1 aromatic heterocycles. The molecule has 0 saturated carbocycles. The van der Waals surface area contributed by atoms with E-state index in [1.807, 2.05) is 18.0 Å². The minimum Gasteiger partial charge on any atom is -0.391 e. The Morgan fingerprint density at radius 3 is 2.84 bits per heavy atom. The lowest BCUT2D eigenvalue weighted by Crippen LogP contribution is -2.09. The molecule has 102 valence electrons. The SMILES string of the molecule is CCCc1nc(N(C)c2cccc(F)c2)sc1CO. The van der Waals surface area contributed by atoms with Crippen molar-refractivity contribution in [3.05, 3.63) is 40.7 Å². The monoisotopic (exact) mass is 280 g/mol. The number of benzene rings is 1. The van der Waals surface area contributed by atoms with Crippen LogP contribution in [0.5, 0.6) is 0 Å². The summed E-state index contributed by atoms with van der Waals surface area (Å²) in [5, 5.41) is 10.1. The first-order valence-corrected chi connectivity index (χ1v) is 7.06. The van der Waals surface area contributed by atoms with E-state index in [0.717, 1.165) is 34.2 Å². The van der Waals surface area contributed by atoms with Crippen LogP contribution in [0.15, 0.2) is 24.3 Å². The first-order chi connectivity index (χ1) is 9.15. The number of hydrogen-bond acceptors (Lipinski definition) is 4. The normalized spacial score (nSPS) is 10.7. The zero-order valence-electron chi connectivity index (χ0n) is 11.1. The predicted molar refractivity (Wildman–Crippen MR) is 76.5 cm³/mol. The lowest BCUT2D eigenvalue weighted by Gasteiger charge is -2.15. The van der Waals surface area contributed by atoms with Gasteiger partial charge in [-0.3, -0.25) is 0 Å². The van der Waals surface area contributed by atoms with Gasteiger partial charge in [-0.05, 0) is 24.6 Å². The van der Waals surface area contributed by atoms with Crippen LogP contribution in [-0.2, 0) is 13.0 Å². The predicted octanol–water partition coefficient (Wildman–Crippen LogP) is 3.49. The fraction of sp³-hybridized carbons (Fsp3) is 0.357. The van der Waals surface area contributed by atoms with E-state index in [4.69, 9.17) is 0 Å². The quantitative estimate of drug-likeness (QED) is 0.910. The fourth-order valence-corrected chi connectivity index (χ4v) is 2.81. The molecular weight excluding hydrogens is 263 g/mol. The van der Waals surface area contributed by atoms with E-state index in [1.165, 1.54) is 23.5 Å². The van der Waals surface area contributed by atoms with Crippen molar-refractivity contribution in [1.29, 1.82) is 0 Å². The number of hydrogen-bond donors (Lipinski definition) is 1. The van der Waals surface area contributed by atoms with Gasteiger partial charge in [-0.1, -0.05) is 30.7 Å². The summed E-state index contributed by atoms with van der Waals surface area (Å²) in [5.41, 5.74) is 1.69. The Labute approximate surface area is 116 Å². The minimum absolute atomic E-state index is 0.00396. The summed E-state index contributed by atoms with van der Waals surface area (Å²) >= 11 is 1.45. The number of anilines is 2. The van der Waals surface area contributed by atoms with Gasteiger partial charge in [-0.2, -0.15) is 0 Å². The van der Waals surface area contributed by atoms with E-state index in [2.05, 4.69) is 11.9 Å². The van der Waals surface area contributed by atoms with Gasteiger partial charge in [0.2, 0.25) is 0 Å². The van der Waals surface area contributed by atoms with Crippen LogP contribution >= 0.6 is 11.3 Å². The second-order valence-electron chi connectivity index (χ2n) is 4.31. The van der Waals surface area contributed by atoms with Gasteiger partial charge in [0, 0.05) is 12.7 Å². The molecule has 0 fully saturated rings. The van der Waals surface area contributed by atoms with Crippen LogP contribution in [0.1, 0.15) is 23.9 Å². The number of nitrogens with zero attached hydrogens (tertiary/aromatic N) is 2. The van der Waals surface area contributed by atoms with Crippen molar-refractivity contribution in [2.24, 2.45) is 0 Å². The van der Waals surface area contributed by atoms with Gasteiger partial charge in [0.05, 0.1) is 17.2 Å². The lowest BCUT2D eigenvalue weighted by molar-refractivity contribution is 0.284. The smallest absolute Gasteiger partial charge is 0.190 e. The summed E-state index contributed by atoms with van der Waals surface area (Å²) in [6.45, 7) is 2.08. The minimum atomic E-state index is -0.267. The molecular formula is C14H17FN2OS. The van der Waals surface area contributed by atoms with E-state index in [-0.39, 0.29) is 12.4 Å². The fourth-order valence-electron chi connectivity index (χ4n) is 1.86. The highest BCUT2D eigenvalue weighted by molar-refractivity contribution is 7.15. The Morgan fingerprint density at radius 2 is 2.21 bits per heavy atom. The van der Waals surface area contributed by atoms with Crippen molar-refractivity contribution in [3.63, 3.8) is 0 Å². The summed E-state index contributed by atoms with van der Waals surface area (Å²) in [6, 6.07) is 6.40. The maximum absolute atomic E-state index is 13.2. The molecule has 0 unspecified atom stereocenters. The maximum atomic E-state index is 13.2. The molecule has 0 bridgehead atoms. The Balaban J connectivity index is 2.30. The molecule has 0 amide bonds. The standard InChI is InChI=1S/C14H17FN2OS/c1-3-5-12-13(9-18)19-14(16-12)17(2)11-7-4-6-10(15)8-11/h4,6-8,18H,3,5,9H2,1-2H3. The number of aliphatic hydroxyl groups is 1. The van der Waals surface area contributed by atoms with Crippen LogP contribution in [0.2, 0.25) is 0 Å². The van der Waals surface area contributed by atoms with Crippen molar-refractivity contribution in [2.45, 2.75) is 26.4 Å². The third-order valence-electron chi connectivity index (χ3n) is 2.88. The summed E-state index contributed by atoms with van der Waals surface area (Å²) in [5.74, 6) is -0.267. The topological polar surface area (TPSA) is 36.4 Å². The second kappa shape index (κ2) is 6.12. The molecule has 5 heteroatoms. The first-order valence-electron chi connectivity index (χ1n) is 6.24. The summed E-state index contributed by atoms with van der Waals surface area (Å²) in [7, 11) is 1.85. The Morgan fingerprint density at radius 1 is 1.42 bits per heavy atom. The number of aryl methyl sites for hydroxylation is 1. The average Bonchev–Trinajstić information content (AvgIpc) is 2.81. The van der Waals surface area contributed by atoms with E-state index < -0.39 is 0 Å². The number of aliphatic hydroxyl groups excluding tert-OH is 1. The third kappa shape index (κ3) is 3.11. The number of thiazole rings is 1. The third-order valence-corrected chi connectivity index (χ3v) is 4.04. The lowest BCUT2D eigenvalue weighted by atomic mass is 10.2. The zero-order chi connectivity index (χ0) is 13.8. The van der Waals surface area contributed by atoms with Crippen molar-refractivity contribution in [2.75, 3.05) is 11.9 Å². The highest BCUT2D eigenvalue weighted by Gasteiger charge is 2.14. The number of halogens is 1. The number of rotatable bonds is 5. The molecule has 0 aliphatic heterocycles. The Kier molecular flexibility index (Phi) is 4.50. The van der Waals surface area contributed by atoms with Crippen LogP contribution in [-0.4, -0.2) is 17.1 Å². The molecule has 0 spiro atoms. The molecule has 3 nitrogen and oxygen atoms in total. The maximum Gasteiger partial charge on any atom is 0.190 e. The van der Waals surface area contributed by atoms with Gasteiger partial charge >= 0.3 is 0 Å². The molecule has 2 aromatic rings. The van der Waals surface area contributed by atoms with Crippen LogP contribution in [0.25, 0.3) is 0 Å². The van der Waals surface area contributed by atoms with Crippen LogP contribution in [0, 0.1) is 5.82 Å². The van der Waals surface area contributed by atoms with Gasteiger partial charge in [-0.25, -0.2) is 9.37 Å². The van der Waals surface area contributed by atoms with Gasteiger partial charge in [-0.15, -0.1) is 0 Å². The zero-order valence-corrected chi connectivity index (χ0v) is 11.9. The van der Waals surface area contributed by atoms with Crippen molar-refractivity contribution in [1.82, 2.24) is 4.98 Å². The molecule has 1 N–H and O–H groups in total. The number of aromatic nitrogens is 1. The van der Waals surface area contributed by atoms with E-state index in [1.54, 1.807) is 6.07 Å². The van der Waals surface area contributed by atoms with Gasteiger partial charge in [0.25, 0.3) is 0 Å². The molecule has 1 aromatic carbocycles. The average molecular weight is 280 g/mol. The van der Waals surface area contributed by atoms with Crippen LogP contribution in [0.4, 0.5) is 15.2 Å². The van der Waals surface area contributed by atoms with Gasteiger partial charge in [0.1, 0.15) is 5.82 Å². The molecule has 0 aliphatic carbocycles. The van der Waals surface area contributed by atoms with Gasteiger partial charge < -0.3 is 10.0 Å². The molecule has 0 aliphatic rings. The second-order valence-corrected chi connectivity index (χ2v) is 5.38. The van der Waals surface area contributed by atoms with E-state index in [0.29, 0.717) is 0 Å². The molecule has 0 radical (unpaired) electrons. The Bertz CT molecular complexity index is 556. The van der Waals surface area contributed by atoms with Crippen molar-refractivity contribution < 1.29 is 9.50 Å². The summed E-state index contributed by atoms with van der Waals surface area (Å²) < 4.78 is 13.2. The molecule has 0 atom stereocenters. The highest BCUT2D eigenvalue weighted by Crippen LogP contribution is 2.31. The highest BCUT2D eigenvalue weighted by atomic mass is 32.1. The van der Waals surface area contributed by atoms with Gasteiger partial charge in [0.15, 0.2) is 5.13 Å². The molecule has 2 rings (SSSR count). The molecule has 1 heterocycles. The molecule has 0 saturated heterocycles. The van der Waals surface area contributed by atoms with E-state index in [9.17, 15) is 9.50 Å². The van der Waals surface area contributed by atoms with Crippen LogP contribution in [0.3, 0.4) is 0 Å². The van der Waals surface area contributed by atoms with E-state index >= 15 is 0 Å². The Hall–Kier alpha value is -1.46.